The van der Waals surface area contributed by atoms with E-state index >= 15 is 0 Å². The zero-order chi connectivity index (χ0) is 18.6. The summed E-state index contributed by atoms with van der Waals surface area (Å²) in [7, 11) is 2.03. The highest BCUT2D eigenvalue weighted by Gasteiger charge is 2.15. The van der Waals surface area contributed by atoms with E-state index in [4.69, 9.17) is 0 Å². The van der Waals surface area contributed by atoms with Crippen LogP contribution in [0.2, 0.25) is 0 Å². The lowest BCUT2D eigenvalue weighted by Crippen LogP contribution is -2.48. The van der Waals surface area contributed by atoms with Crippen molar-refractivity contribution in [1.29, 1.82) is 0 Å². The summed E-state index contributed by atoms with van der Waals surface area (Å²) in [4.78, 5) is 0. The molecule has 0 aliphatic rings. The molecule has 3 nitrogen and oxygen atoms in total. The lowest BCUT2D eigenvalue weighted by Gasteiger charge is -2.27. The molecule has 142 valence electrons. The largest absolute Gasteiger partial charge is 0.318 e. The Hall–Kier alpha value is -1.68. The molecule has 2 rings (SSSR count). The summed E-state index contributed by atoms with van der Waals surface area (Å²) in [6, 6.07) is 22.4. The zero-order valence-electron chi connectivity index (χ0n) is 16.5. The molecule has 0 aromatic heterocycles. The predicted molar refractivity (Wildman–Crippen MR) is 113 cm³/mol. The average molecular weight is 354 g/mol. The Morgan fingerprint density at radius 3 is 1.96 bits per heavy atom. The minimum absolute atomic E-state index is 0.444. The fourth-order valence-corrected chi connectivity index (χ4v) is 3.25. The number of hydrogen-bond acceptors (Lipinski definition) is 3. The van der Waals surface area contributed by atoms with Gasteiger partial charge in [-0.2, -0.15) is 0 Å². The molecule has 0 aliphatic carbocycles. The van der Waals surface area contributed by atoms with Gasteiger partial charge >= 0.3 is 0 Å². The first-order valence-corrected chi connectivity index (χ1v) is 9.88. The molecule has 0 spiro atoms. The van der Waals surface area contributed by atoms with Crippen LogP contribution in [0, 0.1) is 5.92 Å². The monoisotopic (exact) mass is 353 g/mol. The van der Waals surface area contributed by atoms with Gasteiger partial charge in [-0.1, -0.05) is 74.5 Å². The van der Waals surface area contributed by atoms with E-state index in [2.05, 4.69) is 90.5 Å². The molecular formula is C23H35N3. The van der Waals surface area contributed by atoms with Gasteiger partial charge in [0.2, 0.25) is 0 Å². The van der Waals surface area contributed by atoms with Crippen molar-refractivity contribution < 1.29 is 0 Å². The van der Waals surface area contributed by atoms with Crippen molar-refractivity contribution >= 4 is 0 Å². The summed E-state index contributed by atoms with van der Waals surface area (Å²) in [6.45, 7) is 7.58. The van der Waals surface area contributed by atoms with Gasteiger partial charge in [0.25, 0.3) is 0 Å². The van der Waals surface area contributed by atoms with Crippen molar-refractivity contribution in [3.8, 4) is 0 Å². The molecule has 0 amide bonds. The van der Waals surface area contributed by atoms with Gasteiger partial charge in [-0.25, -0.2) is 0 Å². The summed E-state index contributed by atoms with van der Waals surface area (Å²) in [6.07, 6.45) is 2.13. The van der Waals surface area contributed by atoms with E-state index in [-0.39, 0.29) is 0 Å². The van der Waals surface area contributed by atoms with Crippen LogP contribution in [0.4, 0.5) is 0 Å². The minimum Gasteiger partial charge on any atom is -0.318 e. The molecule has 2 aromatic rings. The van der Waals surface area contributed by atoms with Gasteiger partial charge in [0.1, 0.15) is 0 Å². The Bertz CT molecular complexity index is 583. The normalized spacial score (nSPS) is 13.7. The summed E-state index contributed by atoms with van der Waals surface area (Å²) >= 11 is 0. The van der Waals surface area contributed by atoms with Crippen molar-refractivity contribution in [2.75, 3.05) is 26.7 Å². The lowest BCUT2D eigenvalue weighted by molar-refractivity contribution is 0.356. The lowest BCUT2D eigenvalue weighted by atomic mass is 10.0. The second kappa shape index (κ2) is 11.8. The predicted octanol–water partition coefficient (Wildman–Crippen LogP) is 3.26. The van der Waals surface area contributed by atoms with Gasteiger partial charge in [-0.15, -0.1) is 0 Å². The van der Waals surface area contributed by atoms with Crippen LogP contribution >= 0.6 is 0 Å². The van der Waals surface area contributed by atoms with E-state index in [1.165, 1.54) is 11.1 Å². The number of hydrogen-bond donors (Lipinski definition) is 3. The zero-order valence-corrected chi connectivity index (χ0v) is 16.5. The third-order valence-electron chi connectivity index (χ3n) is 4.87. The van der Waals surface area contributed by atoms with E-state index in [0.717, 1.165) is 32.5 Å². The van der Waals surface area contributed by atoms with Crippen LogP contribution in [0.25, 0.3) is 0 Å². The van der Waals surface area contributed by atoms with Crippen molar-refractivity contribution in [1.82, 2.24) is 16.0 Å². The van der Waals surface area contributed by atoms with Crippen LogP contribution in [0.5, 0.6) is 0 Å². The SMILES string of the molecule is CNC[C@H](Cc1ccccc1)NCC(NCCc1ccccc1)C(C)C. The summed E-state index contributed by atoms with van der Waals surface area (Å²) in [5, 5.41) is 10.8. The Balaban J connectivity index is 1.80. The molecular weight excluding hydrogens is 318 g/mol. The first-order valence-electron chi connectivity index (χ1n) is 9.88. The number of rotatable bonds is 12. The van der Waals surface area contributed by atoms with E-state index < -0.39 is 0 Å². The van der Waals surface area contributed by atoms with Crippen LogP contribution in [-0.2, 0) is 12.8 Å². The smallest absolute Gasteiger partial charge is 0.0233 e. The Labute approximate surface area is 159 Å². The van der Waals surface area contributed by atoms with Gasteiger partial charge in [-0.05, 0) is 43.5 Å². The van der Waals surface area contributed by atoms with Crippen LogP contribution in [0.1, 0.15) is 25.0 Å². The van der Waals surface area contributed by atoms with Crippen LogP contribution in [0.3, 0.4) is 0 Å². The summed E-state index contributed by atoms with van der Waals surface area (Å²) in [5.74, 6) is 0.602. The highest BCUT2D eigenvalue weighted by molar-refractivity contribution is 5.16. The van der Waals surface area contributed by atoms with Crippen molar-refractivity contribution in [2.24, 2.45) is 5.92 Å². The highest BCUT2D eigenvalue weighted by atomic mass is 15.0. The van der Waals surface area contributed by atoms with E-state index in [9.17, 15) is 0 Å². The van der Waals surface area contributed by atoms with Crippen molar-refractivity contribution in [3.05, 3.63) is 71.8 Å². The summed E-state index contributed by atoms with van der Waals surface area (Å²) in [5.41, 5.74) is 2.78. The van der Waals surface area contributed by atoms with Gasteiger partial charge in [-0.3, -0.25) is 0 Å². The third-order valence-corrected chi connectivity index (χ3v) is 4.87. The molecule has 0 saturated heterocycles. The molecule has 1 unspecified atom stereocenters. The maximum absolute atomic E-state index is 3.77. The van der Waals surface area contributed by atoms with E-state index in [0.29, 0.717) is 18.0 Å². The molecule has 0 fully saturated rings. The Morgan fingerprint density at radius 1 is 0.769 bits per heavy atom. The number of nitrogens with one attached hydrogen (secondary N) is 3. The average Bonchev–Trinajstić information content (AvgIpc) is 2.66. The third kappa shape index (κ3) is 7.69. The maximum Gasteiger partial charge on any atom is 0.0233 e. The molecule has 0 bridgehead atoms. The van der Waals surface area contributed by atoms with Gasteiger partial charge < -0.3 is 16.0 Å². The molecule has 3 N–H and O–H groups in total. The standard InChI is InChI=1S/C23H35N3/c1-19(2)23(25-15-14-20-10-6-4-7-11-20)18-26-22(17-24-3)16-21-12-8-5-9-13-21/h4-13,19,22-26H,14-18H2,1-3H3/t22-,23?/m0/s1. The fraction of sp³-hybridized carbons (Fsp3) is 0.478. The Kier molecular flexibility index (Phi) is 9.40. The molecule has 2 aromatic carbocycles. The highest BCUT2D eigenvalue weighted by Crippen LogP contribution is 2.06. The molecule has 0 radical (unpaired) electrons. The second-order valence-electron chi connectivity index (χ2n) is 7.39. The quantitative estimate of drug-likeness (QED) is 0.548. The Morgan fingerprint density at radius 2 is 1.38 bits per heavy atom. The summed E-state index contributed by atoms with van der Waals surface area (Å²) < 4.78 is 0. The maximum atomic E-state index is 3.77. The van der Waals surface area contributed by atoms with Crippen molar-refractivity contribution in [2.45, 2.75) is 38.8 Å². The van der Waals surface area contributed by atoms with Gasteiger partial charge in [0.05, 0.1) is 0 Å². The number of likely N-dealkylation sites (N-methyl/N-ethyl adjacent to an activating group) is 1. The molecule has 26 heavy (non-hydrogen) atoms. The van der Waals surface area contributed by atoms with Crippen molar-refractivity contribution in [3.63, 3.8) is 0 Å². The molecule has 0 aliphatic heterocycles. The fourth-order valence-electron chi connectivity index (χ4n) is 3.25. The van der Waals surface area contributed by atoms with Crippen LogP contribution < -0.4 is 16.0 Å². The first kappa shape index (κ1) is 20.6. The van der Waals surface area contributed by atoms with E-state index in [1.54, 1.807) is 0 Å². The van der Waals surface area contributed by atoms with Gasteiger partial charge in [0.15, 0.2) is 0 Å². The van der Waals surface area contributed by atoms with Gasteiger partial charge in [0, 0.05) is 25.2 Å². The van der Waals surface area contributed by atoms with Crippen LogP contribution in [0.15, 0.2) is 60.7 Å². The molecule has 3 heteroatoms. The molecule has 0 saturated carbocycles. The topological polar surface area (TPSA) is 36.1 Å². The molecule has 2 atom stereocenters. The van der Waals surface area contributed by atoms with E-state index in [1.807, 2.05) is 7.05 Å². The first-order chi connectivity index (χ1) is 12.7. The number of benzene rings is 2. The van der Waals surface area contributed by atoms with Crippen LogP contribution in [-0.4, -0.2) is 38.8 Å². The second-order valence-corrected chi connectivity index (χ2v) is 7.39. The minimum atomic E-state index is 0.444. The molecule has 0 heterocycles.